The molecule has 0 aliphatic rings. The number of rotatable bonds is 4. The van der Waals surface area contributed by atoms with Crippen molar-refractivity contribution in [3.05, 3.63) is 75.6 Å². The lowest BCUT2D eigenvalue weighted by Crippen LogP contribution is -2.19. The largest absolute Gasteiger partial charge is 0.492 e. The Kier molecular flexibility index (Phi) is 6.30. The Hall–Kier alpha value is -3.59. The molecule has 9 heteroatoms. The van der Waals surface area contributed by atoms with Crippen LogP contribution in [0.5, 0.6) is 5.75 Å². The molecule has 2 heterocycles. The van der Waals surface area contributed by atoms with E-state index in [1.165, 1.54) is 30.9 Å². The molecular weight excluding hydrogens is 377 g/mol. The first-order valence-corrected chi connectivity index (χ1v) is 8.82. The molecule has 0 unspecified atom stereocenters. The topological polar surface area (TPSA) is 104 Å². The second-order valence-corrected chi connectivity index (χ2v) is 6.46. The van der Waals surface area contributed by atoms with Gasteiger partial charge in [-0.1, -0.05) is 0 Å². The smallest absolute Gasteiger partial charge is 0.258 e. The van der Waals surface area contributed by atoms with Gasteiger partial charge in [-0.25, -0.2) is 14.4 Å². The van der Waals surface area contributed by atoms with Crippen LogP contribution in [-0.2, 0) is 0 Å². The lowest BCUT2D eigenvalue weighted by molar-refractivity contribution is 0.261. The van der Waals surface area contributed by atoms with Gasteiger partial charge in [0.25, 0.3) is 11.1 Å². The lowest BCUT2D eigenvalue weighted by atomic mass is 10.2. The zero-order valence-corrected chi connectivity index (χ0v) is 16.0. The third-order valence-corrected chi connectivity index (χ3v) is 4.02. The molecule has 0 aliphatic carbocycles. The first kappa shape index (κ1) is 20.2. The van der Waals surface area contributed by atoms with Gasteiger partial charge in [0.2, 0.25) is 0 Å². The number of likely N-dealkylation sites (N-methyl/N-ethyl adjacent to an activating group) is 1. The third-order valence-electron chi connectivity index (χ3n) is 4.02. The van der Waals surface area contributed by atoms with Crippen molar-refractivity contribution < 1.29 is 9.13 Å². The molecule has 0 fully saturated rings. The zero-order valence-electron chi connectivity index (χ0n) is 16.0. The maximum atomic E-state index is 12.6. The number of aromatic amines is 2. The number of H-pyrrole nitrogens is 2. The molecule has 8 nitrogen and oxygen atoms in total. The zero-order chi connectivity index (χ0) is 20.8. The normalized spacial score (nSPS) is 10.8. The highest BCUT2D eigenvalue weighted by molar-refractivity contribution is 5.78. The van der Waals surface area contributed by atoms with Gasteiger partial charge in [0.05, 0.1) is 34.5 Å². The molecule has 0 bridgehead atoms. The van der Waals surface area contributed by atoms with E-state index in [2.05, 4.69) is 19.9 Å². The van der Waals surface area contributed by atoms with Crippen molar-refractivity contribution in [2.45, 2.75) is 0 Å². The molecule has 150 valence electrons. The van der Waals surface area contributed by atoms with Gasteiger partial charge in [-0.2, -0.15) is 0 Å². The minimum atomic E-state index is -0.388. The number of nitrogens with zero attached hydrogens (tertiary/aromatic N) is 3. The molecule has 29 heavy (non-hydrogen) atoms. The number of benzene rings is 2. The summed E-state index contributed by atoms with van der Waals surface area (Å²) in [6, 6.07) is 9.17. The lowest BCUT2D eigenvalue weighted by Gasteiger charge is -2.11. The van der Waals surface area contributed by atoms with Crippen LogP contribution in [0.15, 0.2) is 58.6 Å². The Labute approximate surface area is 165 Å². The number of aromatic nitrogens is 4. The van der Waals surface area contributed by atoms with Crippen molar-refractivity contribution >= 4 is 21.8 Å². The summed E-state index contributed by atoms with van der Waals surface area (Å²) in [6.07, 6.45) is 2.65. The number of nitrogens with one attached hydrogen (secondary N) is 2. The maximum absolute atomic E-state index is 12.6. The first-order chi connectivity index (χ1) is 13.9. The standard InChI is InChI=1S/C12H15N3O2.C8H5FN2O/c1-15(2)5-6-17-9-3-4-10-11(7-9)13-8-14-12(10)16;9-5-1-2-6-7(3-5)10-4-11-8(6)12/h3-4,7-8H,5-6H2,1-2H3,(H,13,14,16);1-4H,(H,10,11,12). The predicted molar refractivity (Wildman–Crippen MR) is 109 cm³/mol. The minimum absolute atomic E-state index is 0.130. The fourth-order valence-electron chi connectivity index (χ4n) is 2.53. The maximum Gasteiger partial charge on any atom is 0.258 e. The number of hydrogen-bond acceptors (Lipinski definition) is 6. The fourth-order valence-corrected chi connectivity index (χ4v) is 2.53. The van der Waals surface area contributed by atoms with Crippen LogP contribution in [0.25, 0.3) is 21.8 Å². The van der Waals surface area contributed by atoms with Crippen molar-refractivity contribution in [3.63, 3.8) is 0 Å². The second kappa shape index (κ2) is 9.07. The van der Waals surface area contributed by atoms with Gasteiger partial charge in [0, 0.05) is 18.7 Å². The molecule has 2 aromatic carbocycles. The molecule has 2 aromatic heterocycles. The third kappa shape index (κ3) is 5.23. The van der Waals surface area contributed by atoms with Gasteiger partial charge < -0.3 is 19.6 Å². The van der Waals surface area contributed by atoms with E-state index in [1.807, 2.05) is 19.0 Å². The van der Waals surface area contributed by atoms with Gasteiger partial charge in [-0.05, 0) is 38.4 Å². The van der Waals surface area contributed by atoms with Crippen LogP contribution in [0.4, 0.5) is 4.39 Å². The van der Waals surface area contributed by atoms with E-state index in [0.29, 0.717) is 28.4 Å². The van der Waals surface area contributed by atoms with Crippen LogP contribution >= 0.6 is 0 Å². The summed E-state index contributed by atoms with van der Waals surface area (Å²) in [5, 5.41) is 0.978. The van der Waals surface area contributed by atoms with Gasteiger partial charge >= 0.3 is 0 Å². The van der Waals surface area contributed by atoms with Crippen molar-refractivity contribution in [1.82, 2.24) is 24.8 Å². The Morgan fingerprint density at radius 2 is 1.52 bits per heavy atom. The molecule has 0 radical (unpaired) electrons. The molecule has 0 aliphatic heterocycles. The van der Waals surface area contributed by atoms with Gasteiger partial charge in [-0.3, -0.25) is 9.59 Å². The summed E-state index contributed by atoms with van der Waals surface area (Å²) in [5.74, 6) is 0.345. The van der Waals surface area contributed by atoms with E-state index in [0.717, 1.165) is 12.3 Å². The second-order valence-electron chi connectivity index (χ2n) is 6.46. The quantitative estimate of drug-likeness (QED) is 0.545. The average Bonchev–Trinajstić information content (AvgIpc) is 2.68. The van der Waals surface area contributed by atoms with Crippen molar-refractivity contribution in [3.8, 4) is 5.75 Å². The molecule has 4 aromatic rings. The van der Waals surface area contributed by atoms with E-state index in [4.69, 9.17) is 4.74 Å². The summed E-state index contributed by atoms with van der Waals surface area (Å²) < 4.78 is 18.2. The highest BCUT2D eigenvalue weighted by Crippen LogP contribution is 2.16. The monoisotopic (exact) mass is 397 g/mol. The molecule has 0 amide bonds. The van der Waals surface area contributed by atoms with Crippen LogP contribution in [0.1, 0.15) is 0 Å². The van der Waals surface area contributed by atoms with E-state index in [1.54, 1.807) is 18.2 Å². The van der Waals surface area contributed by atoms with Crippen LogP contribution < -0.4 is 15.9 Å². The van der Waals surface area contributed by atoms with Gasteiger partial charge in [-0.15, -0.1) is 0 Å². The predicted octanol–water partition coefficient (Wildman–Crippen LogP) is 1.93. The SMILES string of the molecule is CN(C)CCOc1ccc2c(=O)[nH]cnc2c1.O=c1[nH]cnc2cc(F)ccc12. The first-order valence-electron chi connectivity index (χ1n) is 8.82. The Morgan fingerprint density at radius 1 is 0.931 bits per heavy atom. The molecule has 0 saturated carbocycles. The molecule has 0 atom stereocenters. The number of fused-ring (bicyclic) bond motifs is 2. The average molecular weight is 397 g/mol. The van der Waals surface area contributed by atoms with Crippen molar-refractivity contribution in [2.75, 3.05) is 27.2 Å². The molecule has 0 spiro atoms. The highest BCUT2D eigenvalue weighted by Gasteiger charge is 2.02. The molecule has 4 rings (SSSR count). The van der Waals surface area contributed by atoms with Gasteiger partial charge in [0.1, 0.15) is 18.2 Å². The van der Waals surface area contributed by atoms with E-state index in [-0.39, 0.29) is 16.9 Å². The summed E-state index contributed by atoms with van der Waals surface area (Å²) in [6.45, 7) is 1.46. The Bertz CT molecular complexity index is 1240. The van der Waals surface area contributed by atoms with E-state index >= 15 is 0 Å². The summed E-state index contributed by atoms with van der Waals surface area (Å²) in [4.78, 5) is 37.4. The molecule has 2 N–H and O–H groups in total. The van der Waals surface area contributed by atoms with Crippen LogP contribution in [0.3, 0.4) is 0 Å². The fraction of sp³-hybridized carbons (Fsp3) is 0.200. The van der Waals surface area contributed by atoms with E-state index in [9.17, 15) is 14.0 Å². The van der Waals surface area contributed by atoms with Crippen LogP contribution in [0.2, 0.25) is 0 Å². The van der Waals surface area contributed by atoms with Crippen molar-refractivity contribution in [1.29, 1.82) is 0 Å². The highest BCUT2D eigenvalue weighted by atomic mass is 19.1. The Morgan fingerprint density at radius 3 is 2.14 bits per heavy atom. The van der Waals surface area contributed by atoms with Crippen molar-refractivity contribution in [2.24, 2.45) is 0 Å². The van der Waals surface area contributed by atoms with Gasteiger partial charge in [0.15, 0.2) is 0 Å². The minimum Gasteiger partial charge on any atom is -0.492 e. The number of hydrogen-bond donors (Lipinski definition) is 2. The number of ether oxygens (including phenoxy) is 1. The number of halogens is 1. The van der Waals surface area contributed by atoms with Crippen LogP contribution in [-0.4, -0.2) is 52.1 Å². The van der Waals surface area contributed by atoms with Crippen LogP contribution in [0, 0.1) is 5.82 Å². The molecule has 0 saturated heterocycles. The van der Waals surface area contributed by atoms with E-state index < -0.39 is 0 Å². The summed E-state index contributed by atoms with van der Waals surface area (Å²) in [5.41, 5.74) is 0.643. The Balaban J connectivity index is 0.000000176. The summed E-state index contributed by atoms with van der Waals surface area (Å²) >= 11 is 0. The summed E-state index contributed by atoms with van der Waals surface area (Å²) in [7, 11) is 3.98. The molecular formula is C20H20FN5O3.